The molecule has 0 aliphatic heterocycles. The Morgan fingerprint density at radius 3 is 2.58 bits per heavy atom. The summed E-state index contributed by atoms with van der Waals surface area (Å²) in [4.78, 5) is 36.7. The van der Waals surface area contributed by atoms with Crippen LogP contribution in [0, 0.1) is 13.8 Å². The highest BCUT2D eigenvalue weighted by atomic mass is 32.2. The number of thiazole rings is 1. The Kier molecular flexibility index (Phi) is 5.48. The Bertz CT molecular complexity index is 967. The van der Waals surface area contributed by atoms with Gasteiger partial charge in [-0.25, -0.2) is 19.7 Å². The zero-order valence-corrected chi connectivity index (χ0v) is 16.0. The van der Waals surface area contributed by atoms with Gasteiger partial charge in [-0.05, 0) is 38.1 Å². The maximum Gasteiger partial charge on any atom is 0.337 e. The first-order chi connectivity index (χ1) is 12.4. The van der Waals surface area contributed by atoms with Gasteiger partial charge in [0.15, 0.2) is 10.3 Å². The molecular weight excluding hydrogens is 372 g/mol. The van der Waals surface area contributed by atoms with Gasteiger partial charge in [-0.15, -0.1) is 0 Å². The highest BCUT2D eigenvalue weighted by Gasteiger charge is 2.12. The fraction of sp³-hybridized carbons (Fsp3) is 0.235. The molecule has 7 nitrogen and oxygen atoms in total. The Morgan fingerprint density at radius 1 is 1.15 bits per heavy atom. The van der Waals surface area contributed by atoms with Gasteiger partial charge in [-0.2, -0.15) is 0 Å². The van der Waals surface area contributed by atoms with Gasteiger partial charge in [0, 0.05) is 11.4 Å². The van der Waals surface area contributed by atoms with E-state index in [-0.39, 0.29) is 11.7 Å². The molecule has 2 heterocycles. The molecule has 3 aromatic rings. The average molecular weight is 388 g/mol. The predicted molar refractivity (Wildman–Crippen MR) is 102 cm³/mol. The average Bonchev–Trinajstić information content (AvgIpc) is 2.99. The minimum Gasteiger partial charge on any atom is -0.465 e. The van der Waals surface area contributed by atoms with Gasteiger partial charge in [0.1, 0.15) is 0 Å². The second-order valence-corrected chi connectivity index (χ2v) is 7.44. The van der Waals surface area contributed by atoms with Crippen LogP contribution < -0.4 is 5.32 Å². The molecule has 0 unspecified atom stereocenters. The van der Waals surface area contributed by atoms with Gasteiger partial charge in [0.05, 0.1) is 28.6 Å². The minimum absolute atomic E-state index is 0.187. The van der Waals surface area contributed by atoms with E-state index < -0.39 is 5.97 Å². The first kappa shape index (κ1) is 18.3. The number of nitrogens with zero attached hydrogens (tertiary/aromatic N) is 3. The van der Waals surface area contributed by atoms with E-state index in [4.69, 9.17) is 4.74 Å². The van der Waals surface area contributed by atoms with E-state index in [1.165, 1.54) is 30.2 Å². The van der Waals surface area contributed by atoms with Crippen LogP contribution in [0.2, 0.25) is 0 Å². The van der Waals surface area contributed by atoms with Crippen molar-refractivity contribution in [3.63, 3.8) is 0 Å². The summed E-state index contributed by atoms with van der Waals surface area (Å²) in [7, 11) is 1.34. The van der Waals surface area contributed by atoms with Crippen LogP contribution in [-0.2, 0) is 9.53 Å². The number of esters is 1. The van der Waals surface area contributed by atoms with Crippen molar-refractivity contribution in [1.82, 2.24) is 15.0 Å². The molecule has 0 bridgehead atoms. The van der Waals surface area contributed by atoms with E-state index in [9.17, 15) is 9.59 Å². The fourth-order valence-electron chi connectivity index (χ4n) is 2.27. The summed E-state index contributed by atoms with van der Waals surface area (Å²) in [5.74, 6) is -0.410. The third-order valence-electron chi connectivity index (χ3n) is 3.35. The second kappa shape index (κ2) is 7.79. The van der Waals surface area contributed by atoms with Crippen LogP contribution in [0.4, 0.5) is 5.13 Å². The highest BCUT2D eigenvalue weighted by Crippen LogP contribution is 2.27. The number of amides is 1. The Morgan fingerprint density at radius 2 is 1.88 bits per heavy atom. The van der Waals surface area contributed by atoms with Crippen molar-refractivity contribution in [2.75, 3.05) is 18.2 Å². The number of hydrogen-bond donors (Lipinski definition) is 1. The van der Waals surface area contributed by atoms with Crippen molar-refractivity contribution >= 4 is 50.3 Å². The normalized spacial score (nSPS) is 10.7. The summed E-state index contributed by atoms with van der Waals surface area (Å²) in [5, 5.41) is 3.82. The number of benzene rings is 1. The lowest BCUT2D eigenvalue weighted by Crippen LogP contribution is -2.14. The summed E-state index contributed by atoms with van der Waals surface area (Å²) in [5.41, 5.74) is 2.90. The molecule has 0 saturated carbocycles. The van der Waals surface area contributed by atoms with Gasteiger partial charge in [-0.1, -0.05) is 23.1 Å². The lowest BCUT2D eigenvalue weighted by molar-refractivity contribution is -0.113. The van der Waals surface area contributed by atoms with E-state index in [2.05, 4.69) is 20.3 Å². The van der Waals surface area contributed by atoms with Gasteiger partial charge < -0.3 is 10.1 Å². The van der Waals surface area contributed by atoms with Crippen molar-refractivity contribution < 1.29 is 14.3 Å². The number of carbonyl (C=O) groups excluding carboxylic acids is 2. The van der Waals surface area contributed by atoms with Crippen LogP contribution in [0.5, 0.6) is 0 Å². The van der Waals surface area contributed by atoms with Crippen molar-refractivity contribution in [1.29, 1.82) is 0 Å². The quantitative estimate of drug-likeness (QED) is 0.407. The number of anilines is 1. The standard InChI is InChI=1S/C17H16N4O3S2/c1-9-6-10(2)19-16(18-9)25-8-14(22)21-17-20-12-5-4-11(15(23)24-3)7-13(12)26-17/h4-7H,8H2,1-3H3,(H,20,21,22). The summed E-state index contributed by atoms with van der Waals surface area (Å²) in [6, 6.07) is 6.96. The predicted octanol–water partition coefficient (Wildman–Crippen LogP) is 3.22. The van der Waals surface area contributed by atoms with Crippen molar-refractivity contribution in [3.8, 4) is 0 Å². The maximum absolute atomic E-state index is 12.2. The van der Waals surface area contributed by atoms with Crippen LogP contribution >= 0.6 is 23.1 Å². The fourth-order valence-corrected chi connectivity index (χ4v) is 3.94. The third-order valence-corrected chi connectivity index (χ3v) is 5.13. The number of thioether (sulfide) groups is 1. The number of aromatic nitrogens is 3. The molecule has 0 atom stereocenters. The van der Waals surface area contributed by atoms with Crippen molar-refractivity contribution in [2.24, 2.45) is 0 Å². The number of methoxy groups -OCH3 is 1. The van der Waals surface area contributed by atoms with Gasteiger partial charge in [0.25, 0.3) is 0 Å². The van der Waals surface area contributed by atoms with E-state index >= 15 is 0 Å². The number of rotatable bonds is 5. The number of fused-ring (bicyclic) bond motifs is 1. The van der Waals surface area contributed by atoms with E-state index in [0.717, 1.165) is 16.1 Å². The maximum atomic E-state index is 12.2. The van der Waals surface area contributed by atoms with Crippen molar-refractivity contribution in [3.05, 3.63) is 41.2 Å². The number of carbonyl (C=O) groups is 2. The summed E-state index contributed by atoms with van der Waals surface area (Å²) < 4.78 is 5.51. The molecule has 1 amide bonds. The van der Waals surface area contributed by atoms with Crippen LogP contribution in [-0.4, -0.2) is 39.7 Å². The van der Waals surface area contributed by atoms with E-state index in [0.29, 0.717) is 21.4 Å². The molecule has 1 N–H and O–H groups in total. The first-order valence-electron chi connectivity index (χ1n) is 7.68. The zero-order chi connectivity index (χ0) is 18.7. The highest BCUT2D eigenvalue weighted by molar-refractivity contribution is 7.99. The van der Waals surface area contributed by atoms with Gasteiger partial charge in [0.2, 0.25) is 5.91 Å². The van der Waals surface area contributed by atoms with Gasteiger partial charge >= 0.3 is 5.97 Å². The number of hydrogen-bond acceptors (Lipinski definition) is 8. The molecule has 0 aliphatic carbocycles. The molecule has 2 aromatic heterocycles. The van der Waals surface area contributed by atoms with Crippen molar-refractivity contribution in [2.45, 2.75) is 19.0 Å². The Hall–Kier alpha value is -2.52. The molecule has 3 rings (SSSR count). The Balaban J connectivity index is 1.66. The molecule has 0 aliphatic rings. The number of ether oxygens (including phenoxy) is 1. The molecular formula is C17H16N4O3S2. The first-order valence-corrected chi connectivity index (χ1v) is 9.48. The largest absolute Gasteiger partial charge is 0.465 e. The van der Waals surface area contributed by atoms with E-state index in [1.807, 2.05) is 19.9 Å². The SMILES string of the molecule is COC(=O)c1ccc2nc(NC(=O)CSc3nc(C)cc(C)n3)sc2c1. The monoisotopic (exact) mass is 388 g/mol. The summed E-state index contributed by atoms with van der Waals surface area (Å²) in [6.07, 6.45) is 0. The molecule has 134 valence electrons. The van der Waals surface area contributed by atoms with Crippen LogP contribution in [0.3, 0.4) is 0 Å². The molecule has 26 heavy (non-hydrogen) atoms. The number of nitrogens with one attached hydrogen (secondary N) is 1. The minimum atomic E-state index is -0.407. The lowest BCUT2D eigenvalue weighted by atomic mass is 10.2. The molecule has 1 aromatic carbocycles. The second-order valence-electron chi connectivity index (χ2n) is 5.46. The summed E-state index contributed by atoms with van der Waals surface area (Å²) >= 11 is 2.58. The molecule has 0 saturated heterocycles. The van der Waals surface area contributed by atoms with Crippen LogP contribution in [0.15, 0.2) is 29.4 Å². The topological polar surface area (TPSA) is 94.1 Å². The summed E-state index contributed by atoms with van der Waals surface area (Å²) in [6.45, 7) is 3.78. The molecule has 0 spiro atoms. The molecule has 0 fully saturated rings. The molecule has 0 radical (unpaired) electrons. The Labute approximate surface area is 158 Å². The third kappa shape index (κ3) is 4.36. The van der Waals surface area contributed by atoms with Crippen LogP contribution in [0.1, 0.15) is 21.7 Å². The number of aryl methyl sites for hydroxylation is 2. The van der Waals surface area contributed by atoms with Gasteiger partial charge in [-0.3, -0.25) is 4.79 Å². The molecule has 9 heteroatoms. The smallest absolute Gasteiger partial charge is 0.337 e. The van der Waals surface area contributed by atoms with Crippen LogP contribution in [0.25, 0.3) is 10.2 Å². The zero-order valence-electron chi connectivity index (χ0n) is 14.4. The lowest BCUT2D eigenvalue weighted by Gasteiger charge is -2.03. The van der Waals surface area contributed by atoms with E-state index in [1.54, 1.807) is 18.2 Å².